The number of anilines is 3. The van der Waals surface area contributed by atoms with E-state index in [-0.39, 0.29) is 5.56 Å². The number of amides is 2. The van der Waals surface area contributed by atoms with Gasteiger partial charge in [-0.2, -0.15) is 5.10 Å². The molecule has 0 fully saturated rings. The van der Waals surface area contributed by atoms with Crippen LogP contribution in [0.1, 0.15) is 32.6 Å². The van der Waals surface area contributed by atoms with E-state index in [1.165, 1.54) is 18.3 Å². The predicted octanol–water partition coefficient (Wildman–Crippen LogP) is 4.14. The summed E-state index contributed by atoms with van der Waals surface area (Å²) in [6.07, 6.45) is 1.29. The van der Waals surface area contributed by atoms with Crippen molar-refractivity contribution in [1.82, 2.24) is 5.43 Å². The summed E-state index contributed by atoms with van der Waals surface area (Å²) in [5, 5.41) is 19.0. The second-order valence-corrected chi connectivity index (χ2v) is 7.52. The molecule has 0 radical (unpaired) electrons. The van der Waals surface area contributed by atoms with Crippen molar-refractivity contribution in [3.05, 3.63) is 88.5 Å². The zero-order valence-corrected chi connectivity index (χ0v) is 18.5. The van der Waals surface area contributed by atoms with E-state index in [1.54, 1.807) is 12.1 Å². The van der Waals surface area contributed by atoms with Crippen LogP contribution in [-0.2, 0) is 9.59 Å². The number of carbonyl (C=O) groups is 3. The lowest BCUT2D eigenvalue weighted by molar-refractivity contribution is -0.136. The molecule has 0 aromatic heterocycles. The molecule has 0 unspecified atom stereocenters. The molecule has 8 nitrogen and oxygen atoms in total. The maximum atomic E-state index is 12.2. The van der Waals surface area contributed by atoms with E-state index in [9.17, 15) is 19.5 Å². The van der Waals surface area contributed by atoms with Gasteiger partial charge in [-0.05, 0) is 67.8 Å². The van der Waals surface area contributed by atoms with Crippen molar-refractivity contribution in [2.75, 3.05) is 10.6 Å². The van der Waals surface area contributed by atoms with Gasteiger partial charge in [0.1, 0.15) is 0 Å². The highest BCUT2D eigenvalue weighted by Gasteiger charge is 2.14. The number of aromatic carboxylic acids is 1. The van der Waals surface area contributed by atoms with Crippen LogP contribution in [0.5, 0.6) is 0 Å². The van der Waals surface area contributed by atoms with Crippen LogP contribution < -0.4 is 16.1 Å². The zero-order chi connectivity index (χ0) is 24.0. The Morgan fingerprint density at radius 2 is 1.55 bits per heavy atom. The average molecular weight is 444 g/mol. The van der Waals surface area contributed by atoms with Gasteiger partial charge in [-0.1, -0.05) is 30.3 Å². The number of hydrogen-bond donors (Lipinski definition) is 4. The summed E-state index contributed by atoms with van der Waals surface area (Å²) in [5.74, 6) is -2.91. The Balaban J connectivity index is 1.76. The molecule has 0 saturated heterocycles. The second kappa shape index (κ2) is 10.2. The second-order valence-electron chi connectivity index (χ2n) is 7.52. The molecule has 0 saturated carbocycles. The highest BCUT2D eigenvalue weighted by Crippen LogP contribution is 2.24. The van der Waals surface area contributed by atoms with Gasteiger partial charge in [0.25, 0.3) is 0 Å². The largest absolute Gasteiger partial charge is 0.478 e. The fourth-order valence-electron chi connectivity index (χ4n) is 3.04. The first-order chi connectivity index (χ1) is 15.7. The number of nitrogens with zero attached hydrogens (tertiary/aromatic N) is 1. The van der Waals surface area contributed by atoms with E-state index in [4.69, 9.17) is 0 Å². The molecule has 8 heteroatoms. The lowest BCUT2D eigenvalue weighted by Crippen LogP contribution is -2.32. The molecule has 3 rings (SSSR count). The zero-order valence-electron chi connectivity index (χ0n) is 18.5. The molecule has 0 spiro atoms. The van der Waals surface area contributed by atoms with Crippen molar-refractivity contribution < 1.29 is 19.5 Å². The van der Waals surface area contributed by atoms with Crippen LogP contribution in [0.3, 0.4) is 0 Å². The number of hydrazone groups is 1. The Kier molecular flexibility index (Phi) is 7.20. The number of carboxylic acids is 1. The molecule has 0 aliphatic heterocycles. The quantitative estimate of drug-likeness (QED) is 0.259. The van der Waals surface area contributed by atoms with Gasteiger partial charge in [0, 0.05) is 22.6 Å². The van der Waals surface area contributed by atoms with Gasteiger partial charge >= 0.3 is 17.8 Å². The molecule has 33 heavy (non-hydrogen) atoms. The van der Waals surface area contributed by atoms with Crippen molar-refractivity contribution in [2.24, 2.45) is 5.10 Å². The summed E-state index contributed by atoms with van der Waals surface area (Å²) in [7, 11) is 0. The van der Waals surface area contributed by atoms with Gasteiger partial charge in [0.2, 0.25) is 0 Å². The van der Waals surface area contributed by atoms with Crippen LogP contribution in [0.25, 0.3) is 0 Å². The van der Waals surface area contributed by atoms with Crippen molar-refractivity contribution >= 4 is 41.1 Å². The predicted molar refractivity (Wildman–Crippen MR) is 128 cm³/mol. The summed E-state index contributed by atoms with van der Waals surface area (Å²) in [4.78, 5) is 35.8. The number of hydrogen-bond acceptors (Lipinski definition) is 5. The Morgan fingerprint density at radius 1 is 0.818 bits per heavy atom. The topological polar surface area (TPSA) is 120 Å². The normalized spacial score (nSPS) is 10.6. The van der Waals surface area contributed by atoms with E-state index < -0.39 is 17.8 Å². The van der Waals surface area contributed by atoms with Gasteiger partial charge in [-0.15, -0.1) is 0 Å². The minimum atomic E-state index is -1.09. The highest BCUT2D eigenvalue weighted by molar-refractivity contribution is 6.39. The van der Waals surface area contributed by atoms with E-state index in [2.05, 4.69) is 21.2 Å². The Hall–Kier alpha value is -4.46. The molecule has 3 aromatic rings. The van der Waals surface area contributed by atoms with Gasteiger partial charge in [-0.25, -0.2) is 10.2 Å². The summed E-state index contributed by atoms with van der Waals surface area (Å²) >= 11 is 0. The molecular formula is C25H24N4O4. The number of benzene rings is 3. The first kappa shape index (κ1) is 23.2. The fourth-order valence-corrected chi connectivity index (χ4v) is 3.04. The average Bonchev–Trinajstić information content (AvgIpc) is 2.78. The SMILES string of the molecule is Cc1ccc(C)c(NC(=O)C(=O)N/N=C\c2cc(C(=O)O)ccc2Nc2ccccc2C)c1. The molecule has 0 atom stereocenters. The van der Waals surface area contributed by atoms with Crippen LogP contribution in [0.2, 0.25) is 0 Å². The van der Waals surface area contributed by atoms with Gasteiger partial charge in [-0.3, -0.25) is 9.59 Å². The van der Waals surface area contributed by atoms with Crippen molar-refractivity contribution in [2.45, 2.75) is 20.8 Å². The van der Waals surface area contributed by atoms with Crippen LogP contribution in [0.15, 0.2) is 65.8 Å². The highest BCUT2D eigenvalue weighted by atomic mass is 16.4. The third kappa shape index (κ3) is 6.04. The molecular weight excluding hydrogens is 420 g/mol. The van der Waals surface area contributed by atoms with Crippen molar-refractivity contribution in [3.63, 3.8) is 0 Å². The smallest absolute Gasteiger partial charge is 0.335 e. The van der Waals surface area contributed by atoms with Crippen molar-refractivity contribution in [3.8, 4) is 0 Å². The lowest BCUT2D eigenvalue weighted by atomic mass is 10.1. The van der Waals surface area contributed by atoms with Crippen LogP contribution in [-0.4, -0.2) is 29.1 Å². The van der Waals surface area contributed by atoms with E-state index >= 15 is 0 Å². The summed E-state index contributed by atoms with van der Waals surface area (Å²) in [5.41, 5.74) is 7.40. The lowest BCUT2D eigenvalue weighted by Gasteiger charge is -2.12. The van der Waals surface area contributed by atoms with Crippen molar-refractivity contribution in [1.29, 1.82) is 0 Å². The number of aryl methyl sites for hydroxylation is 3. The van der Waals surface area contributed by atoms with E-state index in [1.807, 2.05) is 57.2 Å². The number of carboxylic acid groups (broad SMARTS) is 1. The number of para-hydroxylation sites is 1. The number of nitrogens with one attached hydrogen (secondary N) is 3. The molecule has 0 aliphatic rings. The van der Waals surface area contributed by atoms with Gasteiger partial charge in [0.05, 0.1) is 11.8 Å². The third-order valence-electron chi connectivity index (χ3n) is 4.93. The Morgan fingerprint density at radius 3 is 2.27 bits per heavy atom. The minimum absolute atomic E-state index is 0.0609. The first-order valence-electron chi connectivity index (χ1n) is 10.2. The van der Waals surface area contributed by atoms with Crippen LogP contribution >= 0.6 is 0 Å². The van der Waals surface area contributed by atoms with Crippen LogP contribution in [0.4, 0.5) is 17.1 Å². The Labute approximate surface area is 191 Å². The summed E-state index contributed by atoms with van der Waals surface area (Å²) < 4.78 is 0. The minimum Gasteiger partial charge on any atom is -0.478 e. The van der Waals surface area contributed by atoms with Gasteiger partial charge < -0.3 is 15.7 Å². The molecule has 0 aliphatic carbocycles. The maximum Gasteiger partial charge on any atom is 0.335 e. The number of rotatable bonds is 6. The fraction of sp³-hybridized carbons (Fsp3) is 0.120. The molecule has 0 bridgehead atoms. The first-order valence-corrected chi connectivity index (χ1v) is 10.2. The standard InChI is InChI=1S/C25H24N4O4/c1-15-8-9-17(3)22(12-15)28-23(30)24(31)29-26-14-19-13-18(25(32)33)10-11-21(19)27-20-7-5-4-6-16(20)2/h4-14,27H,1-3H3,(H,28,30)(H,29,31)(H,32,33)/b26-14-. The maximum absolute atomic E-state index is 12.2. The van der Waals surface area contributed by atoms with Crippen LogP contribution in [0, 0.1) is 20.8 Å². The molecule has 168 valence electrons. The van der Waals surface area contributed by atoms with Gasteiger partial charge in [0.15, 0.2) is 0 Å². The monoisotopic (exact) mass is 444 g/mol. The van der Waals surface area contributed by atoms with E-state index in [0.717, 1.165) is 22.4 Å². The molecule has 4 N–H and O–H groups in total. The molecule has 3 aromatic carbocycles. The molecule has 0 heterocycles. The third-order valence-corrected chi connectivity index (χ3v) is 4.93. The number of carbonyl (C=O) groups excluding carboxylic acids is 2. The Bertz CT molecular complexity index is 1250. The van der Waals surface area contributed by atoms with E-state index in [0.29, 0.717) is 16.9 Å². The molecule has 2 amide bonds. The summed E-state index contributed by atoms with van der Waals surface area (Å²) in [6, 6.07) is 17.7. The summed E-state index contributed by atoms with van der Waals surface area (Å²) in [6.45, 7) is 5.65.